The first-order valence-corrected chi connectivity index (χ1v) is 11.8. The van der Waals surface area contributed by atoms with Gasteiger partial charge >= 0.3 is 0 Å². The third-order valence-electron chi connectivity index (χ3n) is 6.48. The maximum atomic E-state index is 6.29. The van der Waals surface area contributed by atoms with Crippen molar-refractivity contribution >= 4 is 59.7 Å². The minimum atomic E-state index is 0.923. The number of benzene rings is 5. The van der Waals surface area contributed by atoms with Crippen LogP contribution in [0.3, 0.4) is 0 Å². The van der Waals surface area contributed by atoms with E-state index in [4.69, 9.17) is 4.42 Å². The molecule has 0 aliphatic carbocycles. The Morgan fingerprint density at radius 2 is 1.33 bits per heavy atom. The van der Waals surface area contributed by atoms with E-state index in [9.17, 15) is 0 Å². The van der Waals surface area contributed by atoms with E-state index in [1.165, 1.54) is 21.9 Å². The Labute approximate surface area is 198 Å². The molecule has 3 heteroatoms. The molecule has 0 aliphatic heterocycles. The zero-order valence-corrected chi connectivity index (χ0v) is 19.2. The molecular weight excluding hydrogens is 470 g/mol. The van der Waals surface area contributed by atoms with Crippen LogP contribution in [0.1, 0.15) is 0 Å². The molecule has 0 aliphatic rings. The Balaban J connectivity index is 1.47. The highest BCUT2D eigenvalue weighted by Crippen LogP contribution is 2.39. The van der Waals surface area contributed by atoms with Crippen molar-refractivity contribution in [2.24, 2.45) is 0 Å². The standard InChI is InChI=1S/C30H18BrNO/c31-20-7-3-6-18(16-20)21-9-4-11-24-26-17-19(14-15-27(26)32-29(21)24)22-10-5-12-25-23-8-1-2-13-28(23)33-30(22)25/h1-17,32H. The Hall–Kier alpha value is -3.82. The van der Waals surface area contributed by atoms with Gasteiger partial charge in [-0.05, 0) is 41.5 Å². The quantitative estimate of drug-likeness (QED) is 0.258. The molecule has 1 N–H and O–H groups in total. The largest absolute Gasteiger partial charge is 0.455 e. The predicted molar refractivity (Wildman–Crippen MR) is 142 cm³/mol. The average molecular weight is 488 g/mol. The second kappa shape index (κ2) is 7.09. The Kier molecular flexibility index (Phi) is 4.02. The van der Waals surface area contributed by atoms with E-state index in [0.717, 1.165) is 48.6 Å². The number of H-pyrrole nitrogens is 1. The van der Waals surface area contributed by atoms with Gasteiger partial charge in [-0.15, -0.1) is 0 Å². The Morgan fingerprint density at radius 3 is 2.24 bits per heavy atom. The van der Waals surface area contributed by atoms with E-state index in [1.807, 2.05) is 12.1 Å². The van der Waals surface area contributed by atoms with Crippen LogP contribution in [0.4, 0.5) is 0 Å². The van der Waals surface area contributed by atoms with Gasteiger partial charge in [0.1, 0.15) is 11.2 Å². The number of furan rings is 1. The van der Waals surface area contributed by atoms with Crippen molar-refractivity contribution in [3.63, 3.8) is 0 Å². The number of aromatic amines is 1. The third kappa shape index (κ3) is 2.86. The summed E-state index contributed by atoms with van der Waals surface area (Å²) in [6.07, 6.45) is 0. The highest BCUT2D eigenvalue weighted by Gasteiger charge is 2.14. The monoisotopic (exact) mass is 487 g/mol. The van der Waals surface area contributed by atoms with E-state index in [0.29, 0.717) is 0 Å². The topological polar surface area (TPSA) is 28.9 Å². The molecule has 0 atom stereocenters. The lowest BCUT2D eigenvalue weighted by atomic mass is 9.99. The van der Waals surface area contributed by atoms with E-state index in [2.05, 4.69) is 112 Å². The van der Waals surface area contributed by atoms with Crippen LogP contribution < -0.4 is 0 Å². The molecule has 0 saturated carbocycles. The van der Waals surface area contributed by atoms with Gasteiger partial charge < -0.3 is 9.40 Å². The van der Waals surface area contributed by atoms with E-state index in [1.54, 1.807) is 0 Å². The van der Waals surface area contributed by atoms with Crippen molar-refractivity contribution in [3.05, 3.63) is 108 Å². The van der Waals surface area contributed by atoms with Gasteiger partial charge in [-0.25, -0.2) is 0 Å². The lowest BCUT2D eigenvalue weighted by molar-refractivity contribution is 0.670. The summed E-state index contributed by atoms with van der Waals surface area (Å²) in [6, 6.07) is 36.2. The minimum absolute atomic E-state index is 0.923. The van der Waals surface area contributed by atoms with Crippen LogP contribution in [0, 0.1) is 0 Å². The second-order valence-corrected chi connectivity index (χ2v) is 9.32. The van der Waals surface area contributed by atoms with Crippen LogP contribution in [0.5, 0.6) is 0 Å². The van der Waals surface area contributed by atoms with Crippen molar-refractivity contribution < 1.29 is 4.42 Å². The molecule has 7 aromatic rings. The fourth-order valence-corrected chi connectivity index (χ4v) is 5.36. The molecule has 0 fully saturated rings. The summed E-state index contributed by atoms with van der Waals surface area (Å²) in [5, 5.41) is 4.74. The number of halogens is 1. The molecule has 0 saturated heterocycles. The zero-order chi connectivity index (χ0) is 21.9. The molecule has 0 unspecified atom stereocenters. The average Bonchev–Trinajstić information content (AvgIpc) is 3.42. The number of fused-ring (bicyclic) bond motifs is 6. The maximum absolute atomic E-state index is 6.29. The number of hydrogen-bond donors (Lipinski definition) is 1. The van der Waals surface area contributed by atoms with Gasteiger partial charge in [0.25, 0.3) is 0 Å². The van der Waals surface area contributed by atoms with Crippen LogP contribution in [0.15, 0.2) is 112 Å². The minimum Gasteiger partial charge on any atom is -0.455 e. The zero-order valence-electron chi connectivity index (χ0n) is 17.6. The highest BCUT2D eigenvalue weighted by molar-refractivity contribution is 9.10. The summed E-state index contributed by atoms with van der Waals surface area (Å²) in [4.78, 5) is 3.66. The van der Waals surface area contributed by atoms with Crippen LogP contribution in [-0.4, -0.2) is 4.98 Å². The lowest BCUT2D eigenvalue weighted by Crippen LogP contribution is -1.80. The van der Waals surface area contributed by atoms with Crippen molar-refractivity contribution in [1.82, 2.24) is 4.98 Å². The Morgan fingerprint density at radius 1 is 0.576 bits per heavy atom. The van der Waals surface area contributed by atoms with Gasteiger partial charge in [0, 0.05) is 42.7 Å². The lowest BCUT2D eigenvalue weighted by Gasteiger charge is -2.05. The summed E-state index contributed by atoms with van der Waals surface area (Å²) in [5.41, 5.74) is 8.81. The second-order valence-electron chi connectivity index (χ2n) is 8.40. The molecule has 0 amide bonds. The predicted octanol–water partition coefficient (Wildman–Crippen LogP) is 9.32. The van der Waals surface area contributed by atoms with Gasteiger partial charge in [0.2, 0.25) is 0 Å². The first kappa shape index (κ1) is 18.7. The van der Waals surface area contributed by atoms with E-state index >= 15 is 0 Å². The molecule has 5 aromatic carbocycles. The summed E-state index contributed by atoms with van der Waals surface area (Å²) >= 11 is 3.61. The molecule has 0 spiro atoms. The number of para-hydroxylation sites is 3. The van der Waals surface area contributed by atoms with E-state index < -0.39 is 0 Å². The molecule has 156 valence electrons. The van der Waals surface area contributed by atoms with Crippen LogP contribution >= 0.6 is 15.9 Å². The van der Waals surface area contributed by atoms with Crippen LogP contribution in [-0.2, 0) is 0 Å². The smallest absolute Gasteiger partial charge is 0.143 e. The molecular formula is C30H18BrNO. The molecule has 7 rings (SSSR count). The van der Waals surface area contributed by atoms with Gasteiger partial charge in [-0.3, -0.25) is 0 Å². The molecule has 0 radical (unpaired) electrons. The first-order chi connectivity index (χ1) is 16.3. The summed E-state index contributed by atoms with van der Waals surface area (Å²) in [5.74, 6) is 0. The Bertz CT molecular complexity index is 1840. The maximum Gasteiger partial charge on any atom is 0.143 e. The number of hydrogen-bond acceptors (Lipinski definition) is 1. The molecule has 2 heterocycles. The summed E-state index contributed by atoms with van der Waals surface area (Å²) in [6.45, 7) is 0. The molecule has 33 heavy (non-hydrogen) atoms. The van der Waals surface area contributed by atoms with Crippen molar-refractivity contribution in [3.8, 4) is 22.3 Å². The fraction of sp³-hybridized carbons (Fsp3) is 0. The number of nitrogens with one attached hydrogen (secondary N) is 1. The fourth-order valence-electron chi connectivity index (χ4n) is 4.96. The molecule has 2 nitrogen and oxygen atoms in total. The third-order valence-corrected chi connectivity index (χ3v) is 6.98. The summed E-state index contributed by atoms with van der Waals surface area (Å²) < 4.78 is 7.37. The molecule has 2 aromatic heterocycles. The summed E-state index contributed by atoms with van der Waals surface area (Å²) in [7, 11) is 0. The first-order valence-electron chi connectivity index (χ1n) is 11.0. The highest BCUT2D eigenvalue weighted by atomic mass is 79.9. The van der Waals surface area contributed by atoms with Gasteiger partial charge in [-0.1, -0.05) is 88.7 Å². The van der Waals surface area contributed by atoms with Gasteiger partial charge in [0.15, 0.2) is 0 Å². The number of rotatable bonds is 2. The van der Waals surface area contributed by atoms with Crippen molar-refractivity contribution in [1.29, 1.82) is 0 Å². The van der Waals surface area contributed by atoms with E-state index in [-0.39, 0.29) is 0 Å². The van der Waals surface area contributed by atoms with Crippen LogP contribution in [0.2, 0.25) is 0 Å². The number of aromatic nitrogens is 1. The van der Waals surface area contributed by atoms with Crippen molar-refractivity contribution in [2.75, 3.05) is 0 Å². The van der Waals surface area contributed by atoms with Crippen LogP contribution in [0.25, 0.3) is 66.0 Å². The SMILES string of the molecule is Brc1cccc(-c2cccc3c2[nH]c2ccc(-c4cccc5c4oc4ccccc45)cc23)c1. The normalized spacial score (nSPS) is 11.8. The van der Waals surface area contributed by atoms with Gasteiger partial charge in [0.05, 0.1) is 5.52 Å². The molecule has 0 bridgehead atoms. The van der Waals surface area contributed by atoms with Gasteiger partial charge in [-0.2, -0.15) is 0 Å². The van der Waals surface area contributed by atoms with Crippen molar-refractivity contribution in [2.45, 2.75) is 0 Å².